The molecule has 3 aromatic rings. The molecule has 1 aliphatic rings. The number of anilines is 1. The summed E-state index contributed by atoms with van der Waals surface area (Å²) in [5.74, 6) is 0.332. The fourth-order valence-electron chi connectivity index (χ4n) is 3.29. The van der Waals surface area contributed by atoms with Gasteiger partial charge in [-0.25, -0.2) is 4.98 Å². The number of carbonyl (C=O) groups excluding carboxylic acids is 2. The molecular weight excluding hydrogens is 437 g/mol. The molecule has 33 heavy (non-hydrogen) atoms. The summed E-state index contributed by atoms with van der Waals surface area (Å²) in [5, 5.41) is 2.52. The van der Waals surface area contributed by atoms with Gasteiger partial charge in [-0.15, -0.1) is 0 Å². The Bertz CT molecular complexity index is 1230. The van der Waals surface area contributed by atoms with Crippen LogP contribution in [0.1, 0.15) is 34.0 Å². The Kier molecular flexibility index (Phi) is 5.87. The zero-order chi connectivity index (χ0) is 23.6. The first-order valence-corrected chi connectivity index (χ1v) is 9.84. The summed E-state index contributed by atoms with van der Waals surface area (Å²) in [6, 6.07) is 12.5. The SMILES string of the molecule is CC(=O)OC1=CCc2c(Oc3ccc(C(=O)Nc4ccc(C(F)(F)F)cc4)cn3)cccc21. The van der Waals surface area contributed by atoms with Crippen LogP contribution in [0.4, 0.5) is 18.9 Å². The van der Waals surface area contributed by atoms with Gasteiger partial charge in [0.2, 0.25) is 5.88 Å². The number of rotatable bonds is 5. The van der Waals surface area contributed by atoms with E-state index < -0.39 is 23.6 Å². The molecule has 0 saturated carbocycles. The van der Waals surface area contributed by atoms with Gasteiger partial charge in [-0.2, -0.15) is 13.2 Å². The Morgan fingerprint density at radius 1 is 1.03 bits per heavy atom. The molecule has 4 rings (SSSR count). The first-order valence-electron chi connectivity index (χ1n) is 9.84. The van der Waals surface area contributed by atoms with E-state index in [-0.39, 0.29) is 17.1 Å². The minimum Gasteiger partial charge on any atom is -0.439 e. The van der Waals surface area contributed by atoms with E-state index in [1.165, 1.54) is 37.4 Å². The van der Waals surface area contributed by atoms with E-state index in [4.69, 9.17) is 9.47 Å². The Balaban J connectivity index is 1.43. The van der Waals surface area contributed by atoms with Crippen molar-refractivity contribution in [2.75, 3.05) is 5.32 Å². The lowest BCUT2D eigenvalue weighted by atomic mass is 10.1. The second-order valence-electron chi connectivity index (χ2n) is 7.16. The predicted octanol–water partition coefficient (Wildman–Crippen LogP) is 5.61. The summed E-state index contributed by atoms with van der Waals surface area (Å²) in [6.07, 6.45) is -0.817. The molecular formula is C24H17F3N2O4. The second-order valence-corrected chi connectivity index (χ2v) is 7.16. The zero-order valence-electron chi connectivity index (χ0n) is 17.3. The number of ether oxygens (including phenoxy) is 2. The van der Waals surface area contributed by atoms with Crippen LogP contribution in [0.25, 0.3) is 5.76 Å². The molecule has 0 bridgehead atoms. The average molecular weight is 454 g/mol. The van der Waals surface area contributed by atoms with Crippen LogP contribution in [0.15, 0.2) is 66.9 Å². The van der Waals surface area contributed by atoms with Crippen LogP contribution in [0.2, 0.25) is 0 Å². The standard InChI is InChI=1S/C24H17F3N2O4/c1-14(30)32-21-11-10-19-18(21)3-2-4-20(19)33-22-12-5-15(13-28-22)23(31)29-17-8-6-16(7-9-17)24(25,26)27/h2-9,11-13H,10H2,1H3,(H,29,31). The van der Waals surface area contributed by atoms with E-state index in [1.807, 2.05) is 6.07 Å². The van der Waals surface area contributed by atoms with Crippen molar-refractivity contribution in [3.05, 3.63) is 89.1 Å². The highest BCUT2D eigenvalue weighted by molar-refractivity contribution is 6.04. The fourth-order valence-corrected chi connectivity index (χ4v) is 3.29. The Labute approximate surface area is 186 Å². The number of pyridine rings is 1. The number of carbonyl (C=O) groups is 2. The molecule has 1 amide bonds. The van der Waals surface area contributed by atoms with Crippen LogP contribution in [0, 0.1) is 0 Å². The van der Waals surface area contributed by atoms with Crippen molar-refractivity contribution in [1.29, 1.82) is 0 Å². The quantitative estimate of drug-likeness (QED) is 0.508. The number of nitrogens with zero attached hydrogens (tertiary/aromatic N) is 1. The van der Waals surface area contributed by atoms with E-state index in [0.29, 0.717) is 17.9 Å². The fraction of sp³-hybridized carbons (Fsp3) is 0.125. The maximum atomic E-state index is 12.7. The number of fused-ring (bicyclic) bond motifs is 1. The maximum absolute atomic E-state index is 12.7. The number of alkyl halides is 3. The van der Waals surface area contributed by atoms with Gasteiger partial charge in [0.1, 0.15) is 11.5 Å². The molecule has 1 aromatic heterocycles. The highest BCUT2D eigenvalue weighted by Crippen LogP contribution is 2.36. The largest absolute Gasteiger partial charge is 0.439 e. The van der Waals surface area contributed by atoms with E-state index in [1.54, 1.807) is 18.2 Å². The van der Waals surface area contributed by atoms with Crippen molar-refractivity contribution in [3.63, 3.8) is 0 Å². The third-order valence-electron chi connectivity index (χ3n) is 4.83. The van der Waals surface area contributed by atoms with Crippen LogP contribution in [-0.2, 0) is 22.1 Å². The lowest BCUT2D eigenvalue weighted by molar-refractivity contribution is -0.137. The molecule has 0 atom stereocenters. The number of allylic oxidation sites excluding steroid dienone is 1. The molecule has 0 aliphatic heterocycles. The summed E-state index contributed by atoms with van der Waals surface area (Å²) in [7, 11) is 0. The number of hydrogen-bond donors (Lipinski definition) is 1. The lowest BCUT2D eigenvalue weighted by Crippen LogP contribution is -2.12. The zero-order valence-corrected chi connectivity index (χ0v) is 17.3. The van der Waals surface area contributed by atoms with E-state index >= 15 is 0 Å². The van der Waals surface area contributed by atoms with Gasteiger partial charge in [0.05, 0.1) is 11.1 Å². The van der Waals surface area contributed by atoms with E-state index in [9.17, 15) is 22.8 Å². The minimum absolute atomic E-state index is 0.208. The van der Waals surface area contributed by atoms with Gasteiger partial charge in [-0.3, -0.25) is 9.59 Å². The number of hydrogen-bond acceptors (Lipinski definition) is 5. The molecule has 0 fully saturated rings. The van der Waals surface area contributed by atoms with Crippen LogP contribution in [-0.4, -0.2) is 16.9 Å². The van der Waals surface area contributed by atoms with Crippen molar-refractivity contribution in [3.8, 4) is 11.6 Å². The van der Waals surface area contributed by atoms with Crippen LogP contribution in [0.5, 0.6) is 11.6 Å². The minimum atomic E-state index is -4.45. The number of halogens is 3. The van der Waals surface area contributed by atoms with E-state index in [2.05, 4.69) is 10.3 Å². The van der Waals surface area contributed by atoms with Crippen molar-refractivity contribution in [2.24, 2.45) is 0 Å². The van der Waals surface area contributed by atoms with Gasteiger partial charge in [-0.05, 0) is 48.9 Å². The Morgan fingerprint density at radius 3 is 2.42 bits per heavy atom. The van der Waals surface area contributed by atoms with Crippen molar-refractivity contribution in [1.82, 2.24) is 4.98 Å². The summed E-state index contributed by atoms with van der Waals surface area (Å²) >= 11 is 0. The molecule has 9 heteroatoms. The summed E-state index contributed by atoms with van der Waals surface area (Å²) in [5.41, 5.74) is 1.24. The van der Waals surface area contributed by atoms with Gasteiger partial charge in [0.15, 0.2) is 0 Å². The number of aromatic nitrogens is 1. The van der Waals surface area contributed by atoms with E-state index in [0.717, 1.165) is 23.3 Å². The molecule has 2 aromatic carbocycles. The second kappa shape index (κ2) is 8.78. The normalized spacial score (nSPS) is 12.5. The van der Waals surface area contributed by atoms with Crippen molar-refractivity contribution in [2.45, 2.75) is 19.5 Å². The monoisotopic (exact) mass is 454 g/mol. The molecule has 1 heterocycles. The van der Waals surface area contributed by atoms with Gasteiger partial charge < -0.3 is 14.8 Å². The predicted molar refractivity (Wildman–Crippen MR) is 114 cm³/mol. The maximum Gasteiger partial charge on any atom is 0.416 e. The van der Waals surface area contributed by atoms with Crippen molar-refractivity contribution >= 4 is 23.3 Å². The summed E-state index contributed by atoms with van der Waals surface area (Å²) < 4.78 is 49.0. The summed E-state index contributed by atoms with van der Waals surface area (Å²) in [4.78, 5) is 27.8. The molecule has 6 nitrogen and oxygen atoms in total. The highest BCUT2D eigenvalue weighted by Gasteiger charge is 2.30. The molecule has 0 saturated heterocycles. The first-order chi connectivity index (χ1) is 15.7. The molecule has 168 valence electrons. The van der Waals surface area contributed by atoms with Crippen LogP contribution < -0.4 is 10.1 Å². The third kappa shape index (κ3) is 5.03. The number of amides is 1. The number of esters is 1. The van der Waals surface area contributed by atoms with Gasteiger partial charge in [0.25, 0.3) is 5.91 Å². The lowest BCUT2D eigenvalue weighted by Gasteiger charge is -2.11. The van der Waals surface area contributed by atoms with Crippen LogP contribution in [0.3, 0.4) is 0 Å². The molecule has 0 spiro atoms. The highest BCUT2D eigenvalue weighted by atomic mass is 19.4. The molecule has 1 aliphatic carbocycles. The number of nitrogens with one attached hydrogen (secondary N) is 1. The molecule has 0 radical (unpaired) electrons. The Hall–Kier alpha value is -4.14. The van der Waals surface area contributed by atoms with Gasteiger partial charge >= 0.3 is 12.1 Å². The average Bonchev–Trinajstić information content (AvgIpc) is 3.17. The van der Waals surface area contributed by atoms with Gasteiger partial charge in [-0.1, -0.05) is 12.1 Å². The topological polar surface area (TPSA) is 77.5 Å². The first kappa shape index (κ1) is 22.1. The van der Waals surface area contributed by atoms with Crippen molar-refractivity contribution < 1.29 is 32.2 Å². The number of benzene rings is 2. The summed E-state index contributed by atoms with van der Waals surface area (Å²) in [6.45, 7) is 1.33. The van der Waals surface area contributed by atoms with Crippen LogP contribution >= 0.6 is 0 Å². The smallest absolute Gasteiger partial charge is 0.416 e. The van der Waals surface area contributed by atoms with Gasteiger partial charge in [0, 0.05) is 36.0 Å². The molecule has 0 unspecified atom stereocenters. The molecule has 1 N–H and O–H groups in total. The Morgan fingerprint density at radius 2 is 1.79 bits per heavy atom. The third-order valence-corrected chi connectivity index (χ3v) is 4.83.